The van der Waals surface area contributed by atoms with Crippen molar-refractivity contribution in [1.29, 1.82) is 0 Å². The molecule has 1 saturated heterocycles. The topological polar surface area (TPSA) is 94.2 Å². The number of hydrogen-bond donors (Lipinski definition) is 1. The first-order chi connectivity index (χ1) is 12.6. The number of anilines is 1. The molecule has 1 spiro atoms. The summed E-state index contributed by atoms with van der Waals surface area (Å²) in [6.45, 7) is 5.25. The van der Waals surface area contributed by atoms with E-state index in [1.54, 1.807) is 39.0 Å². The average Bonchev–Trinajstić information content (AvgIpc) is 3.13. The predicted octanol–water partition coefficient (Wildman–Crippen LogP) is 2.07. The quantitative estimate of drug-likeness (QED) is 0.794. The predicted molar refractivity (Wildman–Crippen MR) is 96.7 cm³/mol. The van der Waals surface area contributed by atoms with Gasteiger partial charge in [0.1, 0.15) is 17.4 Å². The third kappa shape index (κ3) is 3.20. The Kier molecular flexibility index (Phi) is 4.53. The molecule has 2 amide bonds. The van der Waals surface area contributed by atoms with Gasteiger partial charge in [-0.1, -0.05) is 0 Å². The van der Waals surface area contributed by atoms with Crippen molar-refractivity contribution in [2.45, 2.75) is 44.2 Å². The summed E-state index contributed by atoms with van der Waals surface area (Å²) in [6.07, 6.45) is -0.538. The molecule has 2 aliphatic heterocycles. The molecule has 27 heavy (non-hydrogen) atoms. The number of rotatable bonds is 2. The van der Waals surface area contributed by atoms with Crippen molar-refractivity contribution < 1.29 is 28.6 Å². The summed E-state index contributed by atoms with van der Waals surface area (Å²) in [5.41, 5.74) is -0.436. The number of nitrogens with one attached hydrogen (secondary N) is 1. The van der Waals surface area contributed by atoms with E-state index in [4.69, 9.17) is 14.2 Å². The molecule has 0 saturated carbocycles. The van der Waals surface area contributed by atoms with Gasteiger partial charge in [0, 0.05) is 12.2 Å². The zero-order chi connectivity index (χ0) is 20.0. The molecular formula is C19H24N2O6. The minimum absolute atomic E-state index is 0.0215. The summed E-state index contributed by atoms with van der Waals surface area (Å²) >= 11 is 0. The monoisotopic (exact) mass is 376 g/mol. The Morgan fingerprint density at radius 1 is 1.26 bits per heavy atom. The summed E-state index contributed by atoms with van der Waals surface area (Å²) in [5.74, 6) is -0.248. The van der Waals surface area contributed by atoms with Crippen LogP contribution in [0.5, 0.6) is 5.75 Å². The molecule has 1 N–H and O–H groups in total. The molecule has 0 aromatic heterocycles. The number of carbonyl (C=O) groups is 3. The highest BCUT2D eigenvalue weighted by molar-refractivity contribution is 6.08. The van der Waals surface area contributed by atoms with Gasteiger partial charge in [0.25, 0.3) is 0 Å². The fourth-order valence-electron chi connectivity index (χ4n) is 3.64. The second-order valence-corrected chi connectivity index (χ2v) is 7.80. The zero-order valence-corrected chi connectivity index (χ0v) is 16.1. The van der Waals surface area contributed by atoms with Gasteiger partial charge in [0.15, 0.2) is 0 Å². The van der Waals surface area contributed by atoms with E-state index in [0.29, 0.717) is 17.0 Å². The number of nitrogens with zero attached hydrogens (tertiary/aromatic N) is 1. The van der Waals surface area contributed by atoms with E-state index in [1.807, 2.05) is 0 Å². The number of fused-ring (bicyclic) bond motifs is 2. The standard InChI is InChI=1S/C19H24N2O6/c1-18(2,3)27-17(24)21-10-19(9-14(21)15(22)26-5)12-8-11(25-4)6-7-13(12)20-16(19)23/h6-8,14H,9-10H2,1-5H3,(H,20,23)/t14-,19-/m0/s1. The van der Waals surface area contributed by atoms with E-state index in [-0.39, 0.29) is 18.9 Å². The summed E-state index contributed by atoms with van der Waals surface area (Å²) in [5, 5.41) is 2.84. The van der Waals surface area contributed by atoms with Crippen molar-refractivity contribution >= 4 is 23.7 Å². The highest BCUT2D eigenvalue weighted by Gasteiger charge is 2.58. The summed E-state index contributed by atoms with van der Waals surface area (Å²) in [7, 11) is 2.80. The first-order valence-corrected chi connectivity index (χ1v) is 8.69. The van der Waals surface area contributed by atoms with Crippen molar-refractivity contribution in [3.05, 3.63) is 23.8 Å². The molecule has 2 heterocycles. The van der Waals surface area contributed by atoms with Crippen LogP contribution in [-0.2, 0) is 24.5 Å². The van der Waals surface area contributed by atoms with Crippen molar-refractivity contribution in [3.8, 4) is 5.75 Å². The molecule has 2 atom stereocenters. The smallest absolute Gasteiger partial charge is 0.411 e. The van der Waals surface area contributed by atoms with Gasteiger partial charge in [0.2, 0.25) is 5.91 Å². The Labute approximate surface area is 157 Å². The zero-order valence-electron chi connectivity index (χ0n) is 16.1. The van der Waals surface area contributed by atoms with E-state index in [2.05, 4.69) is 5.32 Å². The van der Waals surface area contributed by atoms with Crippen LogP contribution in [0.4, 0.5) is 10.5 Å². The van der Waals surface area contributed by atoms with Crippen LogP contribution in [0.3, 0.4) is 0 Å². The van der Waals surface area contributed by atoms with Crippen LogP contribution >= 0.6 is 0 Å². The van der Waals surface area contributed by atoms with Crippen LogP contribution in [0.1, 0.15) is 32.8 Å². The lowest BCUT2D eigenvalue weighted by atomic mass is 9.79. The van der Waals surface area contributed by atoms with Gasteiger partial charge < -0.3 is 19.5 Å². The number of amides is 2. The maximum atomic E-state index is 12.9. The molecule has 1 aromatic rings. The molecule has 0 aliphatic carbocycles. The average molecular weight is 376 g/mol. The third-order valence-electron chi connectivity index (χ3n) is 4.88. The summed E-state index contributed by atoms with van der Waals surface area (Å²) in [6, 6.07) is 4.36. The fraction of sp³-hybridized carbons (Fsp3) is 0.526. The van der Waals surface area contributed by atoms with E-state index in [9.17, 15) is 14.4 Å². The number of esters is 1. The number of methoxy groups -OCH3 is 2. The van der Waals surface area contributed by atoms with Crippen LogP contribution in [0.25, 0.3) is 0 Å². The first kappa shape index (κ1) is 19.0. The molecular weight excluding hydrogens is 352 g/mol. The van der Waals surface area contributed by atoms with E-state index < -0.39 is 29.1 Å². The Morgan fingerprint density at radius 2 is 1.96 bits per heavy atom. The Bertz CT molecular complexity index is 800. The van der Waals surface area contributed by atoms with Gasteiger partial charge in [0.05, 0.1) is 19.6 Å². The lowest BCUT2D eigenvalue weighted by Crippen LogP contribution is -2.44. The van der Waals surface area contributed by atoms with E-state index >= 15 is 0 Å². The SMILES string of the molecule is COC(=O)[C@@H]1C[C@@]2(CN1C(=O)OC(C)(C)C)C(=O)Nc1ccc(OC)cc12. The molecule has 0 bridgehead atoms. The molecule has 8 heteroatoms. The van der Waals surface area contributed by atoms with Crippen molar-refractivity contribution in [1.82, 2.24) is 4.90 Å². The van der Waals surface area contributed by atoms with Crippen molar-refractivity contribution in [2.24, 2.45) is 0 Å². The van der Waals surface area contributed by atoms with Gasteiger partial charge >= 0.3 is 12.1 Å². The van der Waals surface area contributed by atoms with Gasteiger partial charge in [-0.05, 0) is 51.0 Å². The lowest BCUT2D eigenvalue weighted by Gasteiger charge is -2.27. The first-order valence-electron chi connectivity index (χ1n) is 8.69. The Hall–Kier alpha value is -2.77. The fourth-order valence-corrected chi connectivity index (χ4v) is 3.64. The number of ether oxygens (including phenoxy) is 3. The molecule has 1 fully saturated rings. The second-order valence-electron chi connectivity index (χ2n) is 7.80. The molecule has 8 nitrogen and oxygen atoms in total. The highest BCUT2D eigenvalue weighted by atomic mass is 16.6. The maximum absolute atomic E-state index is 12.9. The van der Waals surface area contributed by atoms with Crippen LogP contribution < -0.4 is 10.1 Å². The van der Waals surface area contributed by atoms with E-state index in [1.165, 1.54) is 19.1 Å². The van der Waals surface area contributed by atoms with Crippen molar-refractivity contribution in [2.75, 3.05) is 26.1 Å². The summed E-state index contributed by atoms with van der Waals surface area (Å²) in [4.78, 5) is 39.2. The largest absolute Gasteiger partial charge is 0.497 e. The van der Waals surface area contributed by atoms with Crippen LogP contribution in [0.15, 0.2) is 18.2 Å². The number of likely N-dealkylation sites (tertiary alicyclic amines) is 1. The van der Waals surface area contributed by atoms with Gasteiger partial charge in [-0.25, -0.2) is 9.59 Å². The lowest BCUT2D eigenvalue weighted by molar-refractivity contribution is -0.145. The number of carbonyl (C=O) groups excluding carboxylic acids is 3. The normalized spacial score (nSPS) is 23.8. The molecule has 1 aromatic carbocycles. The van der Waals surface area contributed by atoms with Gasteiger partial charge in [-0.2, -0.15) is 0 Å². The molecule has 0 unspecified atom stereocenters. The minimum atomic E-state index is -1.06. The van der Waals surface area contributed by atoms with Crippen LogP contribution in [-0.4, -0.2) is 55.3 Å². The molecule has 3 rings (SSSR count). The number of benzene rings is 1. The number of hydrogen-bond acceptors (Lipinski definition) is 6. The second kappa shape index (κ2) is 6.44. The maximum Gasteiger partial charge on any atom is 0.411 e. The van der Waals surface area contributed by atoms with Crippen molar-refractivity contribution in [3.63, 3.8) is 0 Å². The van der Waals surface area contributed by atoms with Crippen LogP contribution in [0.2, 0.25) is 0 Å². The molecule has 0 radical (unpaired) electrons. The van der Waals surface area contributed by atoms with Gasteiger partial charge in [-0.15, -0.1) is 0 Å². The molecule has 146 valence electrons. The molecule has 2 aliphatic rings. The minimum Gasteiger partial charge on any atom is -0.497 e. The highest BCUT2D eigenvalue weighted by Crippen LogP contribution is 2.48. The third-order valence-corrected chi connectivity index (χ3v) is 4.88. The van der Waals surface area contributed by atoms with E-state index in [0.717, 1.165) is 0 Å². The van der Waals surface area contributed by atoms with Gasteiger partial charge in [-0.3, -0.25) is 9.69 Å². The Morgan fingerprint density at radius 3 is 2.56 bits per heavy atom. The Balaban J connectivity index is 2.02. The summed E-state index contributed by atoms with van der Waals surface area (Å²) < 4.78 is 15.6. The van der Waals surface area contributed by atoms with Crippen LogP contribution in [0, 0.1) is 0 Å².